The molecule has 0 saturated heterocycles. The molecule has 1 saturated carbocycles. The Labute approximate surface area is 89.2 Å². The van der Waals surface area contributed by atoms with E-state index in [1.54, 1.807) is 6.07 Å². The molecule has 0 aliphatic heterocycles. The first kappa shape index (κ1) is 11.7. The van der Waals surface area contributed by atoms with Crippen LogP contribution in [0.5, 0.6) is 0 Å². The molecule has 0 spiro atoms. The Balaban J connectivity index is 0.00000112. The maximum absolute atomic E-state index is 13.0. The SMILES string of the molecule is C.N=CN(N)c1ccc(F)cc1C1CC1. The fraction of sp³-hybridized carbons (Fsp3) is 0.364. The van der Waals surface area contributed by atoms with Crippen molar-refractivity contribution in [2.24, 2.45) is 5.84 Å². The lowest BCUT2D eigenvalue weighted by Gasteiger charge is -2.16. The van der Waals surface area contributed by atoms with Gasteiger partial charge in [0.05, 0.1) is 5.69 Å². The van der Waals surface area contributed by atoms with E-state index < -0.39 is 0 Å². The van der Waals surface area contributed by atoms with Crippen LogP contribution in [-0.2, 0) is 0 Å². The van der Waals surface area contributed by atoms with Crippen LogP contribution in [0, 0.1) is 11.2 Å². The van der Waals surface area contributed by atoms with Crippen molar-refractivity contribution in [3.63, 3.8) is 0 Å². The molecule has 0 unspecified atom stereocenters. The molecule has 15 heavy (non-hydrogen) atoms. The van der Waals surface area contributed by atoms with Gasteiger partial charge in [-0.05, 0) is 42.5 Å². The van der Waals surface area contributed by atoms with Gasteiger partial charge < -0.3 is 0 Å². The summed E-state index contributed by atoms with van der Waals surface area (Å²) in [7, 11) is 0. The Bertz CT molecular complexity index is 361. The minimum Gasteiger partial charge on any atom is -0.290 e. The lowest BCUT2D eigenvalue weighted by atomic mass is 10.1. The highest BCUT2D eigenvalue weighted by molar-refractivity contribution is 5.77. The molecular weight excluding hydrogens is 193 g/mol. The first-order valence-electron chi connectivity index (χ1n) is 4.56. The Morgan fingerprint density at radius 3 is 2.67 bits per heavy atom. The maximum Gasteiger partial charge on any atom is 0.123 e. The Hall–Kier alpha value is -1.42. The molecule has 82 valence electrons. The van der Waals surface area contributed by atoms with Crippen molar-refractivity contribution in [3.8, 4) is 0 Å². The van der Waals surface area contributed by atoms with Gasteiger partial charge in [-0.2, -0.15) is 0 Å². The highest BCUT2D eigenvalue weighted by Crippen LogP contribution is 2.44. The van der Waals surface area contributed by atoms with Crippen molar-refractivity contribution in [2.45, 2.75) is 26.2 Å². The molecule has 1 aromatic carbocycles. The predicted octanol–water partition coefficient (Wildman–Crippen LogP) is 2.63. The van der Waals surface area contributed by atoms with E-state index in [0.717, 1.165) is 30.4 Å². The molecule has 0 heterocycles. The molecular formula is C11H16FN3. The van der Waals surface area contributed by atoms with Gasteiger partial charge >= 0.3 is 0 Å². The van der Waals surface area contributed by atoms with E-state index in [1.165, 1.54) is 17.1 Å². The van der Waals surface area contributed by atoms with Gasteiger partial charge in [-0.1, -0.05) is 7.43 Å². The number of nitrogens with one attached hydrogen (secondary N) is 1. The van der Waals surface area contributed by atoms with Crippen LogP contribution in [0.3, 0.4) is 0 Å². The summed E-state index contributed by atoms with van der Waals surface area (Å²) in [6.45, 7) is 0. The Kier molecular flexibility index (Phi) is 3.42. The standard InChI is InChI=1S/C10H12FN3.CH4/c11-8-3-4-10(14(13)6-12)9(5-8)7-1-2-7;/h3-7,12H,1-2,13H2;1H4. The largest absolute Gasteiger partial charge is 0.290 e. The third kappa shape index (κ3) is 2.33. The van der Waals surface area contributed by atoms with Crippen LogP contribution in [0.25, 0.3) is 0 Å². The quantitative estimate of drug-likeness (QED) is 0.348. The molecule has 1 fully saturated rings. The van der Waals surface area contributed by atoms with Crippen LogP contribution < -0.4 is 10.9 Å². The first-order valence-corrected chi connectivity index (χ1v) is 4.56. The number of anilines is 1. The highest BCUT2D eigenvalue weighted by Gasteiger charge is 2.27. The van der Waals surface area contributed by atoms with Crippen molar-refractivity contribution in [2.75, 3.05) is 5.01 Å². The zero-order chi connectivity index (χ0) is 10.1. The Morgan fingerprint density at radius 2 is 2.13 bits per heavy atom. The van der Waals surface area contributed by atoms with E-state index in [4.69, 9.17) is 11.3 Å². The second kappa shape index (κ2) is 4.40. The molecule has 0 aromatic heterocycles. The van der Waals surface area contributed by atoms with Crippen molar-refractivity contribution >= 4 is 12.0 Å². The number of hydrogen-bond donors (Lipinski definition) is 2. The van der Waals surface area contributed by atoms with Gasteiger partial charge in [-0.3, -0.25) is 10.4 Å². The predicted molar refractivity (Wildman–Crippen MR) is 60.6 cm³/mol. The van der Waals surface area contributed by atoms with Crippen LogP contribution in [0.2, 0.25) is 0 Å². The van der Waals surface area contributed by atoms with Gasteiger partial charge in [-0.15, -0.1) is 0 Å². The van der Waals surface area contributed by atoms with E-state index in [9.17, 15) is 4.39 Å². The number of halogens is 1. The zero-order valence-electron chi connectivity index (χ0n) is 7.70. The number of nitrogens with two attached hydrogens (primary N) is 1. The average molecular weight is 209 g/mol. The second-order valence-electron chi connectivity index (χ2n) is 3.51. The van der Waals surface area contributed by atoms with Crippen molar-refractivity contribution < 1.29 is 4.39 Å². The van der Waals surface area contributed by atoms with Crippen LogP contribution in [0.4, 0.5) is 10.1 Å². The summed E-state index contributed by atoms with van der Waals surface area (Å²) in [6.07, 6.45) is 3.20. The third-order valence-corrected chi connectivity index (χ3v) is 2.42. The van der Waals surface area contributed by atoms with E-state index in [2.05, 4.69) is 0 Å². The summed E-state index contributed by atoms with van der Waals surface area (Å²) in [6, 6.07) is 4.50. The molecule has 0 radical (unpaired) electrons. The van der Waals surface area contributed by atoms with Crippen molar-refractivity contribution in [1.29, 1.82) is 5.41 Å². The molecule has 1 aromatic rings. The summed E-state index contributed by atoms with van der Waals surface area (Å²) in [5, 5.41) is 8.26. The van der Waals surface area contributed by atoms with Crippen LogP contribution in [0.1, 0.15) is 31.7 Å². The van der Waals surface area contributed by atoms with Gasteiger partial charge in [0.1, 0.15) is 12.2 Å². The van der Waals surface area contributed by atoms with Crippen LogP contribution >= 0.6 is 0 Å². The summed E-state index contributed by atoms with van der Waals surface area (Å²) in [5.41, 5.74) is 1.64. The number of benzene rings is 1. The van der Waals surface area contributed by atoms with Crippen LogP contribution in [-0.4, -0.2) is 6.34 Å². The van der Waals surface area contributed by atoms with Gasteiger partial charge in [0, 0.05) is 0 Å². The van der Waals surface area contributed by atoms with Gasteiger partial charge in [0.25, 0.3) is 0 Å². The fourth-order valence-corrected chi connectivity index (χ4v) is 1.55. The molecule has 0 atom stereocenters. The number of nitrogens with zero attached hydrogens (tertiary/aromatic N) is 1. The number of hydrogen-bond acceptors (Lipinski definition) is 2. The Morgan fingerprint density at radius 1 is 1.47 bits per heavy atom. The average Bonchev–Trinajstić information content (AvgIpc) is 3.00. The summed E-state index contributed by atoms with van der Waals surface area (Å²) < 4.78 is 13.0. The second-order valence-corrected chi connectivity index (χ2v) is 3.51. The molecule has 3 N–H and O–H groups in total. The lowest BCUT2D eigenvalue weighted by Crippen LogP contribution is -2.29. The normalized spacial score (nSPS) is 14.3. The minimum atomic E-state index is -0.242. The van der Waals surface area contributed by atoms with E-state index >= 15 is 0 Å². The van der Waals surface area contributed by atoms with E-state index in [1.807, 2.05) is 0 Å². The minimum absolute atomic E-state index is 0. The highest BCUT2D eigenvalue weighted by atomic mass is 19.1. The summed E-state index contributed by atoms with van der Waals surface area (Å²) in [5.74, 6) is 5.76. The van der Waals surface area contributed by atoms with Gasteiger partial charge in [0.2, 0.25) is 0 Å². The number of hydrazine groups is 1. The van der Waals surface area contributed by atoms with Crippen LogP contribution in [0.15, 0.2) is 18.2 Å². The monoisotopic (exact) mass is 209 g/mol. The molecule has 0 amide bonds. The molecule has 0 bridgehead atoms. The number of rotatable bonds is 3. The van der Waals surface area contributed by atoms with E-state index in [-0.39, 0.29) is 13.2 Å². The smallest absolute Gasteiger partial charge is 0.123 e. The van der Waals surface area contributed by atoms with Crippen molar-refractivity contribution in [3.05, 3.63) is 29.6 Å². The summed E-state index contributed by atoms with van der Waals surface area (Å²) in [4.78, 5) is 0. The molecule has 1 aliphatic rings. The van der Waals surface area contributed by atoms with Gasteiger partial charge in [-0.25, -0.2) is 10.2 Å². The molecule has 4 heteroatoms. The molecule has 2 rings (SSSR count). The first-order chi connectivity index (χ1) is 6.72. The molecule has 3 nitrogen and oxygen atoms in total. The fourth-order valence-electron chi connectivity index (χ4n) is 1.55. The van der Waals surface area contributed by atoms with Crippen molar-refractivity contribution in [1.82, 2.24) is 0 Å². The maximum atomic E-state index is 13.0. The lowest BCUT2D eigenvalue weighted by molar-refractivity contribution is 0.625. The molecule has 1 aliphatic carbocycles. The van der Waals surface area contributed by atoms with Gasteiger partial charge in [0.15, 0.2) is 0 Å². The van der Waals surface area contributed by atoms with E-state index in [0.29, 0.717) is 5.92 Å². The zero-order valence-corrected chi connectivity index (χ0v) is 7.70. The topological polar surface area (TPSA) is 53.1 Å². The third-order valence-electron chi connectivity index (χ3n) is 2.42. The summed E-state index contributed by atoms with van der Waals surface area (Å²) >= 11 is 0.